The molecule has 170 valence electrons. The summed E-state index contributed by atoms with van der Waals surface area (Å²) in [5.74, 6) is 0. The molecule has 32 heavy (non-hydrogen) atoms. The van der Waals surface area contributed by atoms with Crippen LogP contribution < -0.4 is 10.0 Å². The Bertz CT molecular complexity index is 1320. The molecule has 0 radical (unpaired) electrons. The second kappa shape index (κ2) is 9.51. The van der Waals surface area contributed by atoms with E-state index in [1.165, 1.54) is 0 Å². The quantitative estimate of drug-likeness (QED) is 0.311. The van der Waals surface area contributed by atoms with Crippen molar-refractivity contribution in [2.24, 2.45) is 0 Å². The zero-order valence-corrected chi connectivity index (χ0v) is 19.4. The third-order valence-electron chi connectivity index (χ3n) is 5.20. The van der Waals surface area contributed by atoms with E-state index in [4.69, 9.17) is 0 Å². The molecule has 0 amide bonds. The van der Waals surface area contributed by atoms with Gasteiger partial charge in [0.1, 0.15) is 5.60 Å². The van der Waals surface area contributed by atoms with Crippen molar-refractivity contribution in [3.63, 3.8) is 0 Å². The Morgan fingerprint density at radius 3 is 2.75 bits per heavy atom. The predicted molar refractivity (Wildman–Crippen MR) is 127 cm³/mol. The van der Waals surface area contributed by atoms with Crippen LogP contribution in [0.2, 0.25) is 0 Å². The van der Waals surface area contributed by atoms with Crippen LogP contribution >= 0.6 is 12.4 Å². The molecular weight excluding hydrogens is 450 g/mol. The van der Waals surface area contributed by atoms with E-state index < -0.39 is 15.6 Å². The highest BCUT2D eigenvalue weighted by Gasteiger charge is 2.27. The van der Waals surface area contributed by atoms with Crippen molar-refractivity contribution in [1.29, 1.82) is 0 Å². The Morgan fingerprint density at radius 1 is 1.16 bits per heavy atom. The van der Waals surface area contributed by atoms with Gasteiger partial charge in [-0.25, -0.2) is 13.1 Å². The number of nitrogens with one attached hydrogen (secondary N) is 3. The van der Waals surface area contributed by atoms with Crippen molar-refractivity contribution in [2.45, 2.75) is 30.4 Å². The molecular formula is C22H26ClN5O3S. The van der Waals surface area contributed by atoms with Crippen LogP contribution in [-0.4, -0.2) is 47.8 Å². The molecule has 0 bridgehead atoms. The summed E-state index contributed by atoms with van der Waals surface area (Å²) in [4.78, 5) is 4.24. The maximum atomic E-state index is 12.8. The fourth-order valence-electron chi connectivity index (χ4n) is 3.59. The summed E-state index contributed by atoms with van der Waals surface area (Å²) in [6.45, 7) is 4.04. The summed E-state index contributed by atoms with van der Waals surface area (Å²) < 4.78 is 28.2. The summed E-state index contributed by atoms with van der Waals surface area (Å²) in [6, 6.07) is 13.9. The molecule has 0 aliphatic carbocycles. The fraction of sp³-hybridized carbons (Fsp3) is 0.273. The number of hydrogen-bond donors (Lipinski definition) is 4. The normalized spacial score (nSPS) is 14.7. The number of sulfonamides is 1. The van der Waals surface area contributed by atoms with Gasteiger partial charge in [0.2, 0.25) is 10.0 Å². The molecule has 10 heteroatoms. The molecule has 8 nitrogen and oxygen atoms in total. The lowest BCUT2D eigenvalue weighted by Crippen LogP contribution is -2.44. The maximum Gasteiger partial charge on any atom is 0.240 e. The number of pyridine rings is 1. The number of fused-ring (bicyclic) bond motifs is 2. The Balaban J connectivity index is 0.00000289. The van der Waals surface area contributed by atoms with Crippen LogP contribution in [0, 0.1) is 0 Å². The molecule has 4 aromatic rings. The van der Waals surface area contributed by atoms with Gasteiger partial charge in [0.25, 0.3) is 0 Å². The average Bonchev–Trinajstić information content (AvgIpc) is 3.18. The Hall–Kier alpha value is -2.56. The minimum absolute atomic E-state index is 0. The number of rotatable bonds is 8. The van der Waals surface area contributed by atoms with Gasteiger partial charge in [-0.15, -0.1) is 12.4 Å². The van der Waals surface area contributed by atoms with Gasteiger partial charge in [-0.3, -0.25) is 10.1 Å². The van der Waals surface area contributed by atoms with Crippen molar-refractivity contribution in [2.75, 3.05) is 13.1 Å². The molecule has 0 aliphatic heterocycles. The number of aromatic amines is 1. The third-order valence-corrected chi connectivity index (χ3v) is 6.79. The SMILES string of the molecule is C[C@H](CNCC(C)(O)c1[nH]nc2ccccc12)NS(=O)(=O)c1ccc2cnccc2c1.Cl. The number of nitrogens with zero attached hydrogens (tertiary/aromatic N) is 2. The molecule has 0 saturated carbocycles. The van der Waals surface area contributed by atoms with Gasteiger partial charge in [-0.1, -0.05) is 24.3 Å². The van der Waals surface area contributed by atoms with Crippen molar-refractivity contribution in [3.8, 4) is 0 Å². The van der Waals surface area contributed by atoms with Gasteiger partial charge in [0.05, 0.1) is 16.1 Å². The summed E-state index contributed by atoms with van der Waals surface area (Å²) >= 11 is 0. The predicted octanol–water partition coefficient (Wildman–Crippen LogP) is 2.70. The Labute approximate surface area is 192 Å². The lowest BCUT2D eigenvalue weighted by molar-refractivity contribution is 0.0537. The van der Waals surface area contributed by atoms with Crippen LogP contribution in [0.15, 0.2) is 65.8 Å². The van der Waals surface area contributed by atoms with E-state index in [-0.39, 0.29) is 29.9 Å². The number of H-pyrrole nitrogens is 1. The summed E-state index contributed by atoms with van der Waals surface area (Å²) in [5, 5.41) is 23.7. The highest BCUT2D eigenvalue weighted by atomic mass is 35.5. The van der Waals surface area contributed by atoms with Gasteiger partial charge in [0, 0.05) is 42.3 Å². The molecule has 4 N–H and O–H groups in total. The van der Waals surface area contributed by atoms with E-state index in [1.54, 1.807) is 50.5 Å². The first-order valence-electron chi connectivity index (χ1n) is 9.99. The van der Waals surface area contributed by atoms with Crippen LogP contribution in [0.5, 0.6) is 0 Å². The lowest BCUT2D eigenvalue weighted by atomic mass is 9.99. The second-order valence-electron chi connectivity index (χ2n) is 7.93. The van der Waals surface area contributed by atoms with Crippen molar-refractivity contribution in [3.05, 3.63) is 66.6 Å². The molecule has 0 saturated heterocycles. The van der Waals surface area contributed by atoms with Crippen molar-refractivity contribution < 1.29 is 13.5 Å². The number of halogens is 1. The minimum Gasteiger partial charge on any atom is -0.383 e. The fourth-order valence-corrected chi connectivity index (χ4v) is 4.87. The molecule has 0 spiro atoms. The van der Waals surface area contributed by atoms with E-state index in [2.05, 4.69) is 25.2 Å². The zero-order valence-electron chi connectivity index (χ0n) is 17.7. The number of aliphatic hydroxyl groups is 1. The Kier molecular flexibility index (Phi) is 7.16. The number of benzene rings is 2. The topological polar surface area (TPSA) is 120 Å². The molecule has 2 atom stereocenters. The van der Waals surface area contributed by atoms with Gasteiger partial charge in [-0.05, 0) is 43.5 Å². The Morgan fingerprint density at radius 2 is 1.94 bits per heavy atom. The van der Waals surface area contributed by atoms with Gasteiger partial charge >= 0.3 is 0 Å². The molecule has 2 aromatic heterocycles. The molecule has 0 fully saturated rings. The van der Waals surface area contributed by atoms with E-state index in [1.807, 2.05) is 24.3 Å². The molecule has 0 aliphatic rings. The van der Waals surface area contributed by atoms with Crippen LogP contribution in [0.4, 0.5) is 0 Å². The number of aromatic nitrogens is 3. The summed E-state index contributed by atoms with van der Waals surface area (Å²) in [7, 11) is -3.68. The van der Waals surface area contributed by atoms with Crippen molar-refractivity contribution in [1.82, 2.24) is 25.2 Å². The van der Waals surface area contributed by atoms with Gasteiger partial charge in [-0.2, -0.15) is 5.10 Å². The minimum atomic E-state index is -3.68. The average molecular weight is 476 g/mol. The van der Waals surface area contributed by atoms with E-state index in [9.17, 15) is 13.5 Å². The van der Waals surface area contributed by atoms with Crippen LogP contribution in [0.1, 0.15) is 19.5 Å². The van der Waals surface area contributed by atoms with Crippen LogP contribution in [0.3, 0.4) is 0 Å². The third kappa shape index (κ3) is 5.08. The van der Waals surface area contributed by atoms with Crippen LogP contribution in [-0.2, 0) is 15.6 Å². The van der Waals surface area contributed by atoms with Gasteiger partial charge < -0.3 is 10.4 Å². The van der Waals surface area contributed by atoms with Crippen LogP contribution in [0.25, 0.3) is 21.7 Å². The highest BCUT2D eigenvalue weighted by molar-refractivity contribution is 7.89. The largest absolute Gasteiger partial charge is 0.383 e. The van der Waals surface area contributed by atoms with E-state index in [0.29, 0.717) is 12.2 Å². The maximum absolute atomic E-state index is 12.8. The van der Waals surface area contributed by atoms with Crippen molar-refractivity contribution >= 4 is 44.1 Å². The zero-order chi connectivity index (χ0) is 22.1. The molecule has 4 rings (SSSR count). The second-order valence-corrected chi connectivity index (χ2v) is 9.64. The molecule has 1 unspecified atom stereocenters. The first-order valence-corrected chi connectivity index (χ1v) is 11.5. The van der Waals surface area contributed by atoms with Gasteiger partial charge in [0.15, 0.2) is 0 Å². The van der Waals surface area contributed by atoms with E-state index >= 15 is 0 Å². The first-order chi connectivity index (χ1) is 14.8. The van der Waals surface area contributed by atoms with E-state index in [0.717, 1.165) is 21.7 Å². The standard InChI is InChI=1S/C22H25N5O3S.ClH/c1-15(27-31(29,30)18-8-7-17-13-23-10-9-16(17)11-18)12-24-14-22(2,28)21-19-5-3-4-6-20(19)25-26-21;/h3-11,13,15,24,27-28H,12,14H2,1-2H3,(H,25,26);1H/t15-,22?;/m1./s1. The lowest BCUT2D eigenvalue weighted by Gasteiger charge is -2.24. The smallest absolute Gasteiger partial charge is 0.240 e. The summed E-state index contributed by atoms with van der Waals surface area (Å²) in [5.41, 5.74) is 0.209. The molecule has 2 aromatic carbocycles. The number of para-hydroxylation sites is 1. The summed E-state index contributed by atoms with van der Waals surface area (Å²) in [6.07, 6.45) is 3.33. The monoisotopic (exact) mass is 475 g/mol. The highest BCUT2D eigenvalue weighted by Crippen LogP contribution is 2.25. The number of hydrogen-bond acceptors (Lipinski definition) is 6. The first kappa shape index (κ1) is 24.1. The molecule has 2 heterocycles.